The molecule has 1 aromatic rings. The minimum atomic E-state index is -0.526. The van der Waals surface area contributed by atoms with Crippen LogP contribution in [0.15, 0.2) is 18.2 Å². The Morgan fingerprint density at radius 3 is 2.32 bits per heavy atom. The summed E-state index contributed by atoms with van der Waals surface area (Å²) in [6, 6.07) is 4.92. The molecule has 1 N–H and O–H groups in total. The van der Waals surface area contributed by atoms with Gasteiger partial charge in [-0.3, -0.25) is 4.79 Å². The molecule has 4 bridgehead atoms. The summed E-state index contributed by atoms with van der Waals surface area (Å²) in [7, 11) is 0. The highest BCUT2D eigenvalue weighted by Crippen LogP contribution is 2.59. The number of ether oxygens (including phenoxy) is 3. The largest absolute Gasteiger partial charge is 0.486 e. The van der Waals surface area contributed by atoms with E-state index in [-0.39, 0.29) is 17.9 Å². The first-order valence-corrected chi connectivity index (χ1v) is 10.4. The van der Waals surface area contributed by atoms with Crippen molar-refractivity contribution in [1.82, 2.24) is 5.32 Å². The molecule has 0 spiro atoms. The first-order chi connectivity index (χ1) is 13.6. The predicted octanol–water partition coefficient (Wildman–Crippen LogP) is 2.95. The van der Waals surface area contributed by atoms with E-state index in [1.165, 1.54) is 38.5 Å². The number of hydrogen-bond acceptors (Lipinski definition) is 5. The minimum Gasteiger partial charge on any atom is -0.486 e. The number of rotatable bonds is 5. The molecule has 150 valence electrons. The smallest absolute Gasteiger partial charge is 0.338 e. The minimum absolute atomic E-state index is 0.221. The summed E-state index contributed by atoms with van der Waals surface area (Å²) in [5, 5.41) is 3.04. The van der Waals surface area contributed by atoms with Gasteiger partial charge in [0.15, 0.2) is 18.1 Å². The third-order valence-electron chi connectivity index (χ3n) is 6.94. The normalized spacial score (nSPS) is 32.1. The van der Waals surface area contributed by atoms with Gasteiger partial charge in [0.1, 0.15) is 13.2 Å². The van der Waals surface area contributed by atoms with E-state index in [2.05, 4.69) is 5.32 Å². The molecule has 6 heteroatoms. The lowest BCUT2D eigenvalue weighted by Gasteiger charge is -2.56. The van der Waals surface area contributed by atoms with Crippen molar-refractivity contribution >= 4 is 11.9 Å². The van der Waals surface area contributed by atoms with Crippen LogP contribution in [0.1, 0.15) is 48.9 Å². The van der Waals surface area contributed by atoms with Gasteiger partial charge in [-0.15, -0.1) is 0 Å². The van der Waals surface area contributed by atoms with Crippen LogP contribution in [0.2, 0.25) is 0 Å². The number of fused-ring (bicyclic) bond motifs is 1. The Morgan fingerprint density at radius 2 is 1.64 bits per heavy atom. The van der Waals surface area contributed by atoms with Crippen LogP contribution in [-0.4, -0.2) is 38.2 Å². The topological polar surface area (TPSA) is 73.9 Å². The number of amides is 1. The molecule has 0 aromatic heterocycles. The summed E-state index contributed by atoms with van der Waals surface area (Å²) in [5.41, 5.74) is 0.641. The maximum Gasteiger partial charge on any atom is 0.338 e. The zero-order valence-corrected chi connectivity index (χ0v) is 16.1. The molecule has 6 nitrogen and oxygen atoms in total. The molecule has 1 aromatic carbocycles. The lowest BCUT2D eigenvalue weighted by molar-refractivity contribution is -0.126. The van der Waals surface area contributed by atoms with E-state index < -0.39 is 5.97 Å². The number of carbonyl (C=O) groups excluding carboxylic acids is 2. The Hall–Kier alpha value is -2.24. The van der Waals surface area contributed by atoms with Crippen molar-refractivity contribution in [2.24, 2.45) is 23.2 Å². The molecule has 0 unspecified atom stereocenters. The van der Waals surface area contributed by atoms with Crippen molar-refractivity contribution < 1.29 is 23.8 Å². The molecule has 4 saturated carbocycles. The average molecular weight is 385 g/mol. The highest BCUT2D eigenvalue weighted by molar-refractivity contribution is 5.92. The van der Waals surface area contributed by atoms with Gasteiger partial charge in [0, 0.05) is 6.54 Å². The first kappa shape index (κ1) is 17.8. The maximum absolute atomic E-state index is 12.3. The zero-order chi connectivity index (χ0) is 19.1. The van der Waals surface area contributed by atoms with Crippen LogP contribution in [0.25, 0.3) is 0 Å². The monoisotopic (exact) mass is 385 g/mol. The molecule has 1 heterocycles. The molecular weight excluding hydrogens is 358 g/mol. The lowest BCUT2D eigenvalue weighted by atomic mass is 9.49. The molecule has 4 fully saturated rings. The van der Waals surface area contributed by atoms with Gasteiger partial charge in [-0.2, -0.15) is 0 Å². The van der Waals surface area contributed by atoms with E-state index in [1.54, 1.807) is 18.2 Å². The van der Waals surface area contributed by atoms with Gasteiger partial charge in [-0.25, -0.2) is 4.79 Å². The molecule has 0 radical (unpaired) electrons. The van der Waals surface area contributed by atoms with Crippen molar-refractivity contribution in [3.8, 4) is 11.5 Å². The summed E-state index contributed by atoms with van der Waals surface area (Å²) >= 11 is 0. The van der Waals surface area contributed by atoms with Crippen LogP contribution in [0.4, 0.5) is 0 Å². The lowest BCUT2D eigenvalue weighted by Crippen LogP contribution is -2.51. The van der Waals surface area contributed by atoms with Gasteiger partial charge in [0.2, 0.25) is 0 Å². The van der Waals surface area contributed by atoms with E-state index in [0.717, 1.165) is 24.3 Å². The van der Waals surface area contributed by atoms with Crippen LogP contribution in [0.5, 0.6) is 11.5 Å². The van der Waals surface area contributed by atoms with Crippen LogP contribution < -0.4 is 14.8 Å². The summed E-state index contributed by atoms with van der Waals surface area (Å²) in [6.07, 6.45) is 7.91. The molecular formula is C22H27NO5. The zero-order valence-electron chi connectivity index (χ0n) is 16.1. The molecule has 5 aliphatic rings. The van der Waals surface area contributed by atoms with E-state index >= 15 is 0 Å². The fraction of sp³-hybridized carbons (Fsp3) is 0.636. The van der Waals surface area contributed by atoms with E-state index in [1.807, 2.05) is 0 Å². The third-order valence-corrected chi connectivity index (χ3v) is 6.94. The summed E-state index contributed by atoms with van der Waals surface area (Å²) in [6.45, 7) is 1.43. The van der Waals surface area contributed by atoms with E-state index in [0.29, 0.717) is 30.3 Å². The van der Waals surface area contributed by atoms with Crippen molar-refractivity contribution in [2.75, 3.05) is 26.4 Å². The second kappa shape index (κ2) is 6.98. The molecule has 6 rings (SSSR count). The van der Waals surface area contributed by atoms with E-state index in [4.69, 9.17) is 14.2 Å². The standard InChI is InChI=1S/C22H27NO5/c24-20(23-13-22-9-14-5-15(10-22)7-16(6-14)11-22)12-28-21(25)17-1-2-18-19(8-17)27-4-3-26-18/h1-2,8,14-16H,3-7,9-13H2,(H,23,24). The molecule has 4 aliphatic carbocycles. The summed E-state index contributed by atoms with van der Waals surface area (Å²) < 4.78 is 16.1. The van der Waals surface area contributed by atoms with Gasteiger partial charge in [0.25, 0.3) is 5.91 Å². The second-order valence-electron chi connectivity index (χ2n) is 9.13. The predicted molar refractivity (Wildman–Crippen MR) is 101 cm³/mol. The van der Waals surface area contributed by atoms with Crippen LogP contribution in [-0.2, 0) is 9.53 Å². The van der Waals surface area contributed by atoms with Gasteiger partial charge < -0.3 is 19.5 Å². The SMILES string of the molecule is O=C(COC(=O)c1ccc2c(c1)OCCO2)NCC12CC3CC(CC(C3)C1)C2. The van der Waals surface area contributed by atoms with E-state index in [9.17, 15) is 9.59 Å². The fourth-order valence-corrected chi connectivity index (χ4v) is 6.23. The molecule has 28 heavy (non-hydrogen) atoms. The Kier molecular flexibility index (Phi) is 4.44. The highest BCUT2D eigenvalue weighted by atomic mass is 16.6. The van der Waals surface area contributed by atoms with Crippen LogP contribution in [0, 0.1) is 23.2 Å². The van der Waals surface area contributed by atoms with Crippen molar-refractivity contribution in [1.29, 1.82) is 0 Å². The molecule has 0 saturated heterocycles. The second-order valence-corrected chi connectivity index (χ2v) is 9.13. The Bertz CT molecular complexity index is 754. The number of esters is 1. The van der Waals surface area contributed by atoms with Crippen molar-refractivity contribution in [3.63, 3.8) is 0 Å². The summed E-state index contributed by atoms with van der Waals surface area (Å²) in [5.74, 6) is 2.98. The fourth-order valence-electron chi connectivity index (χ4n) is 6.23. The van der Waals surface area contributed by atoms with Crippen molar-refractivity contribution in [2.45, 2.75) is 38.5 Å². The number of hydrogen-bond donors (Lipinski definition) is 1. The van der Waals surface area contributed by atoms with Gasteiger partial charge >= 0.3 is 5.97 Å². The maximum atomic E-state index is 12.3. The van der Waals surface area contributed by atoms with Gasteiger partial charge in [-0.05, 0) is 79.9 Å². The Labute approximate surface area is 164 Å². The number of nitrogens with one attached hydrogen (secondary N) is 1. The van der Waals surface area contributed by atoms with Gasteiger partial charge in [0.05, 0.1) is 5.56 Å². The first-order valence-electron chi connectivity index (χ1n) is 10.4. The summed E-state index contributed by atoms with van der Waals surface area (Å²) in [4.78, 5) is 24.5. The quantitative estimate of drug-likeness (QED) is 0.789. The molecule has 0 atom stereocenters. The average Bonchev–Trinajstić information content (AvgIpc) is 2.69. The highest BCUT2D eigenvalue weighted by Gasteiger charge is 2.50. The van der Waals surface area contributed by atoms with Crippen molar-refractivity contribution in [3.05, 3.63) is 23.8 Å². The Morgan fingerprint density at radius 1 is 1.00 bits per heavy atom. The van der Waals surface area contributed by atoms with Crippen LogP contribution >= 0.6 is 0 Å². The number of carbonyl (C=O) groups is 2. The third kappa shape index (κ3) is 3.45. The molecule has 1 amide bonds. The molecule has 1 aliphatic heterocycles. The van der Waals surface area contributed by atoms with Crippen LogP contribution in [0.3, 0.4) is 0 Å². The number of benzene rings is 1. The van der Waals surface area contributed by atoms with Gasteiger partial charge in [-0.1, -0.05) is 0 Å². The Balaban J connectivity index is 1.12.